The Labute approximate surface area is 93.1 Å². The highest BCUT2D eigenvalue weighted by Gasteiger charge is 2.35. The van der Waals surface area contributed by atoms with Gasteiger partial charge in [0, 0.05) is 0 Å². The van der Waals surface area contributed by atoms with Crippen LogP contribution in [0.2, 0.25) is 0 Å². The van der Waals surface area contributed by atoms with Crippen LogP contribution in [0.15, 0.2) is 6.20 Å². The summed E-state index contributed by atoms with van der Waals surface area (Å²) in [5.41, 5.74) is -0.355. The van der Waals surface area contributed by atoms with Gasteiger partial charge in [0.05, 0.1) is 12.7 Å². The SMILES string of the molecule is COc1cnc([N+](=O)[O-])c(C)c1OC(F)(F)F. The minimum absolute atomic E-state index is 0.328. The highest BCUT2D eigenvalue weighted by Crippen LogP contribution is 2.37. The molecule has 17 heavy (non-hydrogen) atoms. The van der Waals surface area contributed by atoms with Crippen molar-refractivity contribution >= 4 is 5.82 Å². The van der Waals surface area contributed by atoms with Crippen molar-refractivity contribution < 1.29 is 27.6 Å². The monoisotopic (exact) mass is 252 g/mol. The second-order valence-electron chi connectivity index (χ2n) is 2.91. The van der Waals surface area contributed by atoms with E-state index in [2.05, 4.69) is 14.5 Å². The molecule has 0 aliphatic rings. The van der Waals surface area contributed by atoms with Gasteiger partial charge in [0.2, 0.25) is 5.75 Å². The molecule has 0 fully saturated rings. The topological polar surface area (TPSA) is 74.5 Å². The first-order chi connectivity index (χ1) is 7.76. The largest absolute Gasteiger partial charge is 0.573 e. The molecule has 0 unspecified atom stereocenters. The molecule has 0 radical (unpaired) electrons. The smallest absolute Gasteiger partial charge is 0.490 e. The van der Waals surface area contributed by atoms with Crippen LogP contribution in [0.3, 0.4) is 0 Å². The summed E-state index contributed by atoms with van der Waals surface area (Å²) in [6.07, 6.45) is -4.17. The second kappa shape index (κ2) is 4.44. The molecule has 94 valence electrons. The molecule has 1 rings (SSSR count). The van der Waals surface area contributed by atoms with Crippen LogP contribution in [0.25, 0.3) is 0 Å². The van der Waals surface area contributed by atoms with Gasteiger partial charge in [-0.25, -0.2) is 0 Å². The van der Waals surface area contributed by atoms with Gasteiger partial charge >= 0.3 is 12.2 Å². The zero-order chi connectivity index (χ0) is 13.2. The van der Waals surface area contributed by atoms with Crippen molar-refractivity contribution in [3.8, 4) is 11.5 Å². The molecule has 6 nitrogen and oxygen atoms in total. The summed E-state index contributed by atoms with van der Waals surface area (Å²) in [4.78, 5) is 13.0. The maximum Gasteiger partial charge on any atom is 0.573 e. The van der Waals surface area contributed by atoms with E-state index >= 15 is 0 Å². The molecular weight excluding hydrogens is 245 g/mol. The molecule has 1 heterocycles. The third-order valence-corrected chi connectivity index (χ3v) is 1.81. The minimum Gasteiger partial charge on any atom is -0.490 e. The number of methoxy groups -OCH3 is 1. The second-order valence-corrected chi connectivity index (χ2v) is 2.91. The average molecular weight is 252 g/mol. The maximum absolute atomic E-state index is 12.1. The van der Waals surface area contributed by atoms with Gasteiger partial charge < -0.3 is 19.6 Å². The van der Waals surface area contributed by atoms with Gasteiger partial charge in [-0.2, -0.15) is 0 Å². The Kier molecular flexibility index (Phi) is 3.39. The summed E-state index contributed by atoms with van der Waals surface area (Å²) in [6.45, 7) is 1.09. The number of rotatable bonds is 3. The number of nitro groups is 1. The van der Waals surface area contributed by atoms with E-state index in [1.54, 1.807) is 0 Å². The minimum atomic E-state index is -4.97. The molecule has 9 heteroatoms. The van der Waals surface area contributed by atoms with E-state index in [1.807, 2.05) is 0 Å². The van der Waals surface area contributed by atoms with Gasteiger partial charge in [0.15, 0.2) is 11.9 Å². The Bertz CT molecular complexity index is 447. The summed E-state index contributed by atoms with van der Waals surface area (Å²) in [6, 6.07) is 0. The van der Waals surface area contributed by atoms with Crippen LogP contribution >= 0.6 is 0 Å². The zero-order valence-corrected chi connectivity index (χ0v) is 8.74. The molecule has 0 amide bonds. The van der Waals surface area contributed by atoms with Crippen molar-refractivity contribution in [2.45, 2.75) is 13.3 Å². The number of nitrogens with zero attached hydrogens (tertiary/aromatic N) is 2. The van der Waals surface area contributed by atoms with Crippen molar-refractivity contribution in [1.29, 1.82) is 0 Å². The van der Waals surface area contributed by atoms with Gasteiger partial charge in [0.25, 0.3) is 0 Å². The van der Waals surface area contributed by atoms with Gasteiger partial charge in [-0.15, -0.1) is 13.2 Å². The average Bonchev–Trinajstić information content (AvgIpc) is 2.18. The lowest BCUT2D eigenvalue weighted by molar-refractivity contribution is -0.390. The molecule has 0 saturated heterocycles. The van der Waals surface area contributed by atoms with E-state index < -0.39 is 22.9 Å². The van der Waals surface area contributed by atoms with Crippen molar-refractivity contribution in [3.05, 3.63) is 21.9 Å². The molecule has 0 spiro atoms. The molecule has 0 aliphatic heterocycles. The lowest BCUT2D eigenvalue weighted by Crippen LogP contribution is -2.19. The quantitative estimate of drug-likeness (QED) is 0.609. The summed E-state index contributed by atoms with van der Waals surface area (Å²) >= 11 is 0. The van der Waals surface area contributed by atoms with E-state index in [1.165, 1.54) is 0 Å². The Morgan fingerprint density at radius 1 is 1.47 bits per heavy atom. The third-order valence-electron chi connectivity index (χ3n) is 1.81. The van der Waals surface area contributed by atoms with E-state index in [9.17, 15) is 23.3 Å². The number of alkyl halides is 3. The zero-order valence-electron chi connectivity index (χ0n) is 8.74. The Morgan fingerprint density at radius 3 is 2.47 bits per heavy atom. The van der Waals surface area contributed by atoms with Crippen LogP contribution in [0.1, 0.15) is 5.56 Å². The Morgan fingerprint density at radius 2 is 2.06 bits per heavy atom. The number of hydrogen-bond donors (Lipinski definition) is 0. The maximum atomic E-state index is 12.1. The van der Waals surface area contributed by atoms with Crippen molar-refractivity contribution in [2.75, 3.05) is 7.11 Å². The molecule has 0 N–H and O–H groups in total. The number of hydrogen-bond acceptors (Lipinski definition) is 5. The van der Waals surface area contributed by atoms with Gasteiger partial charge in [-0.3, -0.25) is 0 Å². The molecule has 0 saturated carbocycles. The fourth-order valence-electron chi connectivity index (χ4n) is 1.13. The van der Waals surface area contributed by atoms with Crippen LogP contribution in [-0.4, -0.2) is 23.4 Å². The van der Waals surface area contributed by atoms with Crippen LogP contribution in [0.4, 0.5) is 19.0 Å². The fourth-order valence-corrected chi connectivity index (χ4v) is 1.13. The fraction of sp³-hybridized carbons (Fsp3) is 0.375. The van der Waals surface area contributed by atoms with E-state index in [-0.39, 0.29) is 11.3 Å². The first kappa shape index (κ1) is 13.0. The molecule has 1 aromatic heterocycles. The first-order valence-electron chi connectivity index (χ1n) is 4.20. The molecule has 0 aliphatic carbocycles. The predicted octanol–water partition coefficient (Wildman–Crippen LogP) is 2.21. The van der Waals surface area contributed by atoms with Crippen molar-refractivity contribution in [2.24, 2.45) is 0 Å². The molecule has 0 bridgehead atoms. The highest BCUT2D eigenvalue weighted by atomic mass is 19.4. The number of aromatic nitrogens is 1. The number of halogens is 3. The lowest BCUT2D eigenvalue weighted by Gasteiger charge is -2.13. The van der Waals surface area contributed by atoms with Gasteiger partial charge in [-0.05, 0) is 16.8 Å². The highest BCUT2D eigenvalue weighted by molar-refractivity contribution is 5.51. The molecule has 1 aromatic rings. The number of pyridine rings is 1. The normalized spacial score (nSPS) is 11.1. The Balaban J connectivity index is 3.32. The number of ether oxygens (including phenoxy) is 2. The van der Waals surface area contributed by atoms with Crippen LogP contribution in [0.5, 0.6) is 11.5 Å². The van der Waals surface area contributed by atoms with E-state index in [4.69, 9.17) is 0 Å². The van der Waals surface area contributed by atoms with Gasteiger partial charge in [0.1, 0.15) is 0 Å². The van der Waals surface area contributed by atoms with Crippen LogP contribution < -0.4 is 9.47 Å². The van der Waals surface area contributed by atoms with Gasteiger partial charge in [-0.1, -0.05) is 0 Å². The Hall–Kier alpha value is -2.06. The third kappa shape index (κ3) is 2.95. The summed E-state index contributed by atoms with van der Waals surface area (Å²) in [7, 11) is 1.10. The standard InChI is InChI=1S/C8H7F3N2O4/c1-4-6(17-8(9,10)11)5(16-2)3-12-7(4)13(14)15/h3H,1-2H3. The summed E-state index contributed by atoms with van der Waals surface area (Å²) in [5.74, 6) is -1.81. The summed E-state index contributed by atoms with van der Waals surface area (Å²) < 4.78 is 44.6. The van der Waals surface area contributed by atoms with Crippen LogP contribution in [0, 0.1) is 17.0 Å². The summed E-state index contributed by atoms with van der Waals surface area (Å²) in [5, 5.41) is 10.5. The van der Waals surface area contributed by atoms with Crippen molar-refractivity contribution in [3.63, 3.8) is 0 Å². The predicted molar refractivity (Wildman–Crippen MR) is 48.9 cm³/mol. The molecule has 0 atom stereocenters. The van der Waals surface area contributed by atoms with Crippen molar-refractivity contribution in [1.82, 2.24) is 4.98 Å². The van der Waals surface area contributed by atoms with Crippen LogP contribution in [-0.2, 0) is 0 Å². The molecule has 0 aromatic carbocycles. The molecular formula is C8H7F3N2O4. The van der Waals surface area contributed by atoms with E-state index in [0.29, 0.717) is 0 Å². The first-order valence-corrected chi connectivity index (χ1v) is 4.20. The lowest BCUT2D eigenvalue weighted by atomic mass is 10.2. The van der Waals surface area contributed by atoms with E-state index in [0.717, 1.165) is 20.2 Å².